The van der Waals surface area contributed by atoms with Crippen LogP contribution in [0.1, 0.15) is 47.0 Å². The molecular formula is C20H27BrN4O2S. The molecular weight excluding hydrogens is 440 g/mol. The van der Waals surface area contributed by atoms with Gasteiger partial charge in [-0.05, 0) is 59.1 Å². The Morgan fingerprint density at radius 3 is 2.50 bits per heavy atom. The average molecular weight is 467 g/mol. The van der Waals surface area contributed by atoms with Gasteiger partial charge in [0.15, 0.2) is 5.75 Å². The number of hydrogen-bond acceptors (Lipinski definition) is 5. The third-order valence-electron chi connectivity index (χ3n) is 5.22. The van der Waals surface area contributed by atoms with Crippen molar-refractivity contribution >= 4 is 21.6 Å². The van der Waals surface area contributed by atoms with Crippen LogP contribution < -0.4 is 26.4 Å². The van der Waals surface area contributed by atoms with Gasteiger partial charge in [0.25, 0.3) is 11.5 Å². The van der Waals surface area contributed by atoms with Gasteiger partial charge in [0.1, 0.15) is 12.4 Å². The van der Waals surface area contributed by atoms with Crippen LogP contribution in [0.5, 0.6) is 5.75 Å². The minimum atomic E-state index is -0.0620. The molecule has 152 valence electrons. The third-order valence-corrected chi connectivity index (χ3v) is 6.25. The number of halogens is 1. The molecule has 3 heterocycles. The Kier molecular flexibility index (Phi) is 5.87. The maximum absolute atomic E-state index is 5.85. The summed E-state index contributed by atoms with van der Waals surface area (Å²) in [6.45, 7) is 8.81. The lowest BCUT2D eigenvalue weighted by Crippen LogP contribution is -3.00. The minimum Gasteiger partial charge on any atom is -1.00 e. The number of aryl methyl sites for hydroxylation is 1. The molecule has 0 N–H and O–H groups in total. The fourth-order valence-electron chi connectivity index (χ4n) is 3.88. The van der Waals surface area contributed by atoms with Crippen LogP contribution in [0, 0.1) is 0 Å². The standard InChI is InChI=1S/C20H27N4O2S.BrH/c1-19(2)9-6-10-20(3,4)24(19)26-25-15-7-8-16-17(13-15)27-18(21-16)23-12-11-22(5)14-23;/h7-8,11-14H,6,9-10H2,1-5H3;1H/q+1;/p-1. The van der Waals surface area contributed by atoms with Gasteiger partial charge >= 0.3 is 0 Å². The van der Waals surface area contributed by atoms with Crippen molar-refractivity contribution in [2.24, 2.45) is 7.05 Å². The van der Waals surface area contributed by atoms with Crippen molar-refractivity contribution in [3.8, 4) is 10.9 Å². The van der Waals surface area contributed by atoms with Crippen molar-refractivity contribution in [2.45, 2.75) is 58.0 Å². The lowest BCUT2D eigenvalue weighted by Gasteiger charge is -2.49. The molecule has 3 aromatic rings. The Labute approximate surface area is 180 Å². The molecule has 0 atom stereocenters. The van der Waals surface area contributed by atoms with Crippen LogP contribution in [-0.4, -0.2) is 25.7 Å². The smallest absolute Gasteiger partial charge is 0.284 e. The Hall–Kier alpha value is -1.48. The molecule has 1 fully saturated rings. The molecule has 1 aromatic carbocycles. The summed E-state index contributed by atoms with van der Waals surface area (Å²) in [5.41, 5.74) is 0.832. The van der Waals surface area contributed by atoms with E-state index in [1.807, 2.05) is 58.2 Å². The lowest BCUT2D eigenvalue weighted by molar-refractivity contribution is -0.670. The highest BCUT2D eigenvalue weighted by atomic mass is 79.9. The Balaban J connectivity index is 0.00000225. The normalized spacial score (nSPS) is 18.8. The zero-order valence-corrected chi connectivity index (χ0v) is 19.4. The molecule has 2 aromatic heterocycles. The number of rotatable bonds is 4. The van der Waals surface area contributed by atoms with Gasteiger partial charge in [0, 0.05) is 17.1 Å². The summed E-state index contributed by atoms with van der Waals surface area (Å²) < 4.78 is 5.08. The van der Waals surface area contributed by atoms with Gasteiger partial charge in [0.05, 0.1) is 17.3 Å². The number of nitrogens with zero attached hydrogens (tertiary/aromatic N) is 4. The molecule has 0 spiro atoms. The van der Waals surface area contributed by atoms with Crippen LogP contribution in [0.25, 0.3) is 15.3 Å². The maximum atomic E-state index is 5.85. The SMILES string of the molecule is C[n+]1ccn(-c2nc3ccc(OON4C(C)(C)CCCC4(C)C)cc3s2)c1.[Br-]. The number of piperidine rings is 1. The van der Waals surface area contributed by atoms with E-state index in [4.69, 9.17) is 14.9 Å². The zero-order valence-electron chi connectivity index (χ0n) is 17.0. The molecule has 0 bridgehead atoms. The van der Waals surface area contributed by atoms with Crippen LogP contribution in [0.15, 0.2) is 36.9 Å². The minimum absolute atomic E-state index is 0. The number of hydroxylamine groups is 2. The molecule has 0 saturated carbocycles. The first-order valence-electron chi connectivity index (χ1n) is 9.34. The largest absolute Gasteiger partial charge is 1.00 e. The van der Waals surface area contributed by atoms with Crippen molar-refractivity contribution in [2.75, 3.05) is 0 Å². The van der Waals surface area contributed by atoms with Gasteiger partial charge in [-0.1, -0.05) is 16.3 Å². The van der Waals surface area contributed by atoms with Crippen LogP contribution >= 0.6 is 11.3 Å². The second kappa shape index (κ2) is 7.74. The van der Waals surface area contributed by atoms with Crippen molar-refractivity contribution in [3.05, 3.63) is 36.9 Å². The van der Waals surface area contributed by atoms with Gasteiger partial charge in [-0.3, -0.25) is 0 Å². The highest BCUT2D eigenvalue weighted by Crippen LogP contribution is 2.38. The van der Waals surface area contributed by atoms with Gasteiger partial charge in [-0.15, -0.1) is 5.06 Å². The molecule has 4 rings (SSSR count). The van der Waals surface area contributed by atoms with E-state index in [0.717, 1.165) is 28.2 Å². The van der Waals surface area contributed by atoms with E-state index < -0.39 is 0 Å². The van der Waals surface area contributed by atoms with E-state index in [0.29, 0.717) is 5.75 Å². The zero-order chi connectivity index (χ0) is 19.2. The summed E-state index contributed by atoms with van der Waals surface area (Å²) in [6, 6.07) is 5.87. The van der Waals surface area contributed by atoms with Crippen LogP contribution in [0.3, 0.4) is 0 Å². The van der Waals surface area contributed by atoms with Gasteiger partial charge in [-0.2, -0.15) is 9.55 Å². The van der Waals surface area contributed by atoms with E-state index >= 15 is 0 Å². The second-order valence-corrected chi connectivity index (χ2v) is 9.55. The average Bonchev–Trinajstić information content (AvgIpc) is 3.18. The van der Waals surface area contributed by atoms with E-state index in [1.165, 1.54) is 6.42 Å². The Bertz CT molecular complexity index is 950. The molecule has 0 unspecified atom stereocenters. The number of benzene rings is 1. The summed E-state index contributed by atoms with van der Waals surface area (Å²) in [4.78, 5) is 16.3. The predicted octanol–water partition coefficient (Wildman–Crippen LogP) is 1.18. The molecule has 28 heavy (non-hydrogen) atoms. The summed E-state index contributed by atoms with van der Waals surface area (Å²) in [5, 5.41) is 2.94. The monoisotopic (exact) mass is 466 g/mol. The summed E-state index contributed by atoms with van der Waals surface area (Å²) in [5.74, 6) is 0.688. The van der Waals surface area contributed by atoms with Crippen LogP contribution in [-0.2, 0) is 12.0 Å². The highest BCUT2D eigenvalue weighted by Gasteiger charge is 2.43. The van der Waals surface area contributed by atoms with Crippen molar-refractivity contribution in [1.29, 1.82) is 0 Å². The Morgan fingerprint density at radius 1 is 1.14 bits per heavy atom. The molecule has 1 aliphatic rings. The number of thiazole rings is 1. The third kappa shape index (κ3) is 4.10. The number of imidazole rings is 1. The highest BCUT2D eigenvalue weighted by molar-refractivity contribution is 7.20. The van der Waals surface area contributed by atoms with E-state index in [2.05, 4.69) is 27.7 Å². The van der Waals surface area contributed by atoms with Gasteiger partial charge < -0.3 is 21.9 Å². The van der Waals surface area contributed by atoms with E-state index in [-0.39, 0.29) is 28.1 Å². The first-order chi connectivity index (χ1) is 12.7. The molecule has 8 heteroatoms. The molecule has 1 saturated heterocycles. The van der Waals surface area contributed by atoms with Crippen LogP contribution in [0.2, 0.25) is 0 Å². The topological polar surface area (TPSA) is 43.4 Å². The molecule has 1 aliphatic heterocycles. The van der Waals surface area contributed by atoms with Crippen LogP contribution in [0.4, 0.5) is 0 Å². The molecule has 0 amide bonds. The fraction of sp³-hybridized carbons (Fsp3) is 0.500. The number of aromatic nitrogens is 3. The first-order valence-corrected chi connectivity index (χ1v) is 10.2. The summed E-state index contributed by atoms with van der Waals surface area (Å²) in [6.07, 6.45) is 9.37. The van der Waals surface area contributed by atoms with Crippen molar-refractivity contribution in [1.82, 2.24) is 14.6 Å². The van der Waals surface area contributed by atoms with Crippen molar-refractivity contribution < 1.29 is 31.4 Å². The Morgan fingerprint density at radius 2 is 1.86 bits per heavy atom. The molecule has 0 aliphatic carbocycles. The second-order valence-electron chi connectivity index (χ2n) is 8.54. The lowest BCUT2D eigenvalue weighted by atomic mass is 9.82. The van der Waals surface area contributed by atoms with Gasteiger partial charge in [-0.25, -0.2) is 4.57 Å². The predicted molar refractivity (Wildman–Crippen MR) is 106 cm³/mol. The first kappa shape index (κ1) is 21.2. The number of fused-ring (bicyclic) bond motifs is 1. The van der Waals surface area contributed by atoms with E-state index in [1.54, 1.807) is 11.3 Å². The maximum Gasteiger partial charge on any atom is 0.284 e. The quantitative estimate of drug-likeness (QED) is 0.329. The van der Waals surface area contributed by atoms with Gasteiger partial charge in [0.2, 0.25) is 0 Å². The summed E-state index contributed by atoms with van der Waals surface area (Å²) >= 11 is 1.63. The fourth-order valence-corrected chi connectivity index (χ4v) is 4.82. The van der Waals surface area contributed by atoms with Crippen molar-refractivity contribution in [3.63, 3.8) is 0 Å². The number of hydrogen-bond donors (Lipinski definition) is 0. The molecule has 6 nitrogen and oxygen atoms in total. The summed E-state index contributed by atoms with van der Waals surface area (Å²) in [7, 11) is 2.00. The van der Waals surface area contributed by atoms with E-state index in [9.17, 15) is 0 Å². The molecule has 0 radical (unpaired) electrons.